The van der Waals surface area contributed by atoms with Gasteiger partial charge in [0, 0.05) is 65.4 Å². The van der Waals surface area contributed by atoms with Crippen molar-refractivity contribution in [1.29, 1.82) is 0 Å². The number of rotatable bonds is 21. The van der Waals surface area contributed by atoms with Crippen molar-refractivity contribution in [3.63, 3.8) is 0 Å². The molecule has 0 radical (unpaired) electrons. The van der Waals surface area contributed by atoms with Crippen LogP contribution in [0.5, 0.6) is 0 Å². The molecule has 0 aromatic carbocycles. The minimum atomic E-state index is -2.10. The minimum absolute atomic E-state index is 0.0810. The lowest BCUT2D eigenvalue weighted by atomic mass is 9.44. The van der Waals surface area contributed by atoms with Gasteiger partial charge in [0.2, 0.25) is 0 Å². The van der Waals surface area contributed by atoms with E-state index in [2.05, 4.69) is 4.99 Å². The summed E-state index contributed by atoms with van der Waals surface area (Å²) in [4.78, 5) is 82.0. The van der Waals surface area contributed by atoms with Gasteiger partial charge in [-0.15, -0.1) is 11.8 Å². The number of thioether (sulfide) groups is 2. The average Bonchev–Trinajstić information content (AvgIpc) is 3.40. The molecule has 4 aliphatic rings. The molecular weight excluding hydrogens is 870 g/mol. The molecule has 12 nitrogen and oxygen atoms in total. The largest absolute Gasteiger partial charge is 0.480 e. The molecule has 352 valence electrons. The van der Waals surface area contributed by atoms with Gasteiger partial charge in [-0.3, -0.25) is 33.8 Å². The first kappa shape index (κ1) is 53.1. The molecular formula is C47H68FNO11S3. The number of halogens is 1. The third-order valence-corrected chi connectivity index (χ3v) is 18.0. The van der Waals surface area contributed by atoms with Crippen LogP contribution in [0, 0.1) is 39.4 Å². The summed E-state index contributed by atoms with van der Waals surface area (Å²) in [7, 11) is 0. The van der Waals surface area contributed by atoms with Crippen molar-refractivity contribution >= 4 is 79.9 Å². The van der Waals surface area contributed by atoms with E-state index in [-0.39, 0.29) is 86.8 Å². The van der Waals surface area contributed by atoms with Crippen molar-refractivity contribution in [2.24, 2.45) is 44.4 Å². The number of ketones is 5. The summed E-state index contributed by atoms with van der Waals surface area (Å²) in [6, 6.07) is 0. The van der Waals surface area contributed by atoms with E-state index >= 15 is 4.39 Å². The van der Waals surface area contributed by atoms with Crippen molar-refractivity contribution in [3.05, 3.63) is 23.8 Å². The molecule has 5 N–H and O–H groups in total. The lowest BCUT2D eigenvalue weighted by molar-refractivity contribution is -0.219. The number of Topliss-reactive ketones (excluding diaryl/α,β-unsaturated/α-hetero) is 5. The fourth-order valence-corrected chi connectivity index (χ4v) is 14.1. The van der Waals surface area contributed by atoms with E-state index in [4.69, 9.17) is 12.2 Å². The van der Waals surface area contributed by atoms with Gasteiger partial charge in [-0.2, -0.15) is 0 Å². The average molecular weight is 938 g/mol. The Labute approximate surface area is 385 Å². The van der Waals surface area contributed by atoms with Crippen LogP contribution in [-0.4, -0.2) is 117 Å². The number of hydrogen-bond acceptors (Lipinski definition) is 14. The highest BCUT2D eigenvalue weighted by Crippen LogP contribution is 2.70. The SMILES string of the molecule is CC(O)CCC(=O)C(C)(CSC(=S)SC(C)(C)C(=O)O)CC(C)(C)C(=O)CCC(=O)CCC(=O)CN=C1C=C[C@@]2(C)C(=C1)CC[C@H]1[C@@H]3C[C@@H](C)[C@](O)(C(=O)CO)[C@@]3(C)C[C@H](O)[C@@]12F. The number of fused-ring (bicyclic) bond motifs is 5. The Morgan fingerprint density at radius 2 is 1.60 bits per heavy atom. The second kappa shape index (κ2) is 19.8. The predicted molar refractivity (Wildman–Crippen MR) is 248 cm³/mol. The molecule has 3 fully saturated rings. The molecule has 0 aromatic heterocycles. The van der Waals surface area contributed by atoms with Gasteiger partial charge in [-0.05, 0) is 90.2 Å². The van der Waals surface area contributed by atoms with Crippen LogP contribution < -0.4 is 0 Å². The summed E-state index contributed by atoms with van der Waals surface area (Å²) in [6.45, 7) is 14.0. The standard InChI is InChI=1S/C47H68FNO11S3/c1-27-20-34-33-15-11-29-21-30(18-19-44(29,8)46(33,48)37(56)22-45(34,9)47(27,60)38(57)24-50)49-23-32(53)13-12-31(52)14-17-35(54)41(3,4)25-43(7,36(55)16-10-28(2)51)26-62-40(61)63-42(5,6)39(58)59/h18-19,21,27-28,33-34,37,50-51,56,60H,10-17,20,22-26H2,1-9H3,(H,58,59)/t27-,28?,33+,34+,37+,43?,44+,45+,46+,47+/m1/s1. The third-order valence-electron chi connectivity index (χ3n) is 15.0. The normalized spacial score (nSPS) is 32.4. The van der Waals surface area contributed by atoms with Gasteiger partial charge in [-0.25, -0.2) is 4.39 Å². The Morgan fingerprint density at radius 3 is 2.21 bits per heavy atom. The topological polar surface area (TPSA) is 216 Å². The van der Waals surface area contributed by atoms with Gasteiger partial charge in [-0.1, -0.05) is 70.2 Å². The van der Waals surface area contributed by atoms with Gasteiger partial charge >= 0.3 is 5.97 Å². The summed E-state index contributed by atoms with van der Waals surface area (Å²) in [5, 5.41) is 52.4. The zero-order valence-electron chi connectivity index (χ0n) is 38.3. The molecule has 0 amide bonds. The summed E-state index contributed by atoms with van der Waals surface area (Å²) < 4.78 is 16.9. The van der Waals surface area contributed by atoms with Crippen molar-refractivity contribution in [1.82, 2.24) is 0 Å². The van der Waals surface area contributed by atoms with Gasteiger partial charge in [0.15, 0.2) is 17.2 Å². The number of carboxylic acids is 1. The predicted octanol–water partition coefficient (Wildman–Crippen LogP) is 6.80. The van der Waals surface area contributed by atoms with Crippen LogP contribution in [0.1, 0.15) is 133 Å². The summed E-state index contributed by atoms with van der Waals surface area (Å²) in [5.41, 5.74) is -7.20. The third kappa shape index (κ3) is 10.6. The Kier molecular flexibility index (Phi) is 16.7. The van der Waals surface area contributed by atoms with Gasteiger partial charge < -0.3 is 25.5 Å². The maximum atomic E-state index is 17.7. The van der Waals surface area contributed by atoms with Crippen molar-refractivity contribution in [2.75, 3.05) is 18.9 Å². The molecule has 0 spiro atoms. The minimum Gasteiger partial charge on any atom is -0.480 e. The van der Waals surface area contributed by atoms with Crippen LogP contribution in [0.15, 0.2) is 28.8 Å². The zero-order chi connectivity index (χ0) is 47.7. The molecule has 4 aliphatic carbocycles. The van der Waals surface area contributed by atoms with E-state index in [1.807, 2.05) is 0 Å². The van der Waals surface area contributed by atoms with Crippen LogP contribution >= 0.6 is 35.7 Å². The first-order valence-corrected chi connectivity index (χ1v) is 24.2. The number of aliphatic hydroxyl groups excluding tert-OH is 3. The van der Waals surface area contributed by atoms with Crippen molar-refractivity contribution in [2.45, 2.75) is 161 Å². The lowest BCUT2D eigenvalue weighted by Gasteiger charge is -2.62. The van der Waals surface area contributed by atoms with E-state index in [9.17, 15) is 54.3 Å². The number of thiocarbonyl (C=S) groups is 1. The van der Waals surface area contributed by atoms with Crippen LogP contribution in [0.2, 0.25) is 0 Å². The smallest absolute Gasteiger partial charge is 0.319 e. The first-order valence-electron chi connectivity index (χ1n) is 22.0. The van der Waals surface area contributed by atoms with Crippen LogP contribution in [0.4, 0.5) is 4.39 Å². The number of nitrogens with zero attached hydrogens (tertiary/aromatic N) is 1. The summed E-state index contributed by atoms with van der Waals surface area (Å²) in [6.07, 6.45) is 4.10. The van der Waals surface area contributed by atoms with Crippen LogP contribution in [0.25, 0.3) is 0 Å². The highest BCUT2D eigenvalue weighted by atomic mass is 32.2. The van der Waals surface area contributed by atoms with Crippen molar-refractivity contribution < 1.29 is 58.7 Å². The highest BCUT2D eigenvalue weighted by molar-refractivity contribution is 8.47. The number of hydrogen-bond donors (Lipinski definition) is 5. The summed E-state index contributed by atoms with van der Waals surface area (Å²) in [5.74, 6) is -4.07. The molecule has 63 heavy (non-hydrogen) atoms. The molecule has 0 aliphatic heterocycles. The molecule has 4 rings (SSSR count). The monoisotopic (exact) mass is 937 g/mol. The Morgan fingerprint density at radius 1 is 0.984 bits per heavy atom. The number of aliphatic carboxylic acids is 1. The molecule has 16 heteroatoms. The Balaban J connectivity index is 1.33. The Bertz CT molecular complexity index is 1950. The molecule has 2 unspecified atom stereocenters. The van der Waals surface area contributed by atoms with E-state index in [1.165, 1.54) is 25.6 Å². The highest BCUT2D eigenvalue weighted by Gasteiger charge is 2.75. The zero-order valence-corrected chi connectivity index (χ0v) is 40.7. The van der Waals surface area contributed by atoms with E-state index < -0.39 is 86.0 Å². The number of carbonyl (C=O) groups excluding carboxylic acids is 5. The molecule has 0 bridgehead atoms. The lowest BCUT2D eigenvalue weighted by Crippen LogP contribution is -2.69. The van der Waals surface area contributed by atoms with E-state index in [0.29, 0.717) is 28.5 Å². The number of allylic oxidation sites excluding steroid dienone is 4. The van der Waals surface area contributed by atoms with E-state index in [1.54, 1.807) is 66.7 Å². The number of carboxylic acid groups (broad SMARTS) is 1. The molecule has 10 atom stereocenters. The molecule has 0 heterocycles. The van der Waals surface area contributed by atoms with Crippen LogP contribution in [-0.2, 0) is 28.8 Å². The molecule has 0 aromatic rings. The number of alkyl halides is 1. The van der Waals surface area contributed by atoms with Crippen molar-refractivity contribution in [3.8, 4) is 0 Å². The number of carbonyl (C=O) groups is 6. The summed E-state index contributed by atoms with van der Waals surface area (Å²) >= 11 is 7.64. The molecule has 0 saturated heterocycles. The number of aliphatic imine (C=N–C) groups is 1. The quantitative estimate of drug-likeness (QED) is 0.0749. The first-order chi connectivity index (χ1) is 28.9. The number of aliphatic hydroxyl groups is 4. The maximum Gasteiger partial charge on any atom is 0.319 e. The second-order valence-electron chi connectivity index (χ2n) is 20.5. The fraction of sp³-hybridized carbons (Fsp3) is 0.745. The van der Waals surface area contributed by atoms with E-state index in [0.717, 1.165) is 17.3 Å². The Hall–Kier alpha value is -2.47. The van der Waals surface area contributed by atoms with Gasteiger partial charge in [0.25, 0.3) is 0 Å². The van der Waals surface area contributed by atoms with Gasteiger partial charge in [0.1, 0.15) is 37.8 Å². The van der Waals surface area contributed by atoms with Crippen LogP contribution in [0.3, 0.4) is 0 Å². The molecule has 3 saturated carbocycles. The maximum absolute atomic E-state index is 17.7. The second-order valence-corrected chi connectivity index (χ2v) is 24.3. The fourth-order valence-electron chi connectivity index (χ4n) is 11.1. The van der Waals surface area contributed by atoms with Gasteiger partial charge in [0.05, 0.1) is 24.5 Å².